The molecule has 18 heavy (non-hydrogen) atoms. The van der Waals surface area contributed by atoms with Crippen LogP contribution in [-0.4, -0.2) is 37.3 Å². The third kappa shape index (κ3) is 2.68. The first-order valence-electron chi connectivity index (χ1n) is 5.72. The number of nitrogens with zero attached hydrogens (tertiary/aromatic N) is 2. The van der Waals surface area contributed by atoms with E-state index in [1.165, 1.54) is 11.4 Å². The molecule has 5 nitrogen and oxygen atoms in total. The number of halogens is 1. The van der Waals surface area contributed by atoms with E-state index in [0.29, 0.717) is 12.5 Å². The van der Waals surface area contributed by atoms with Crippen LogP contribution in [0.25, 0.3) is 0 Å². The Hall–Kier alpha value is -1.05. The Morgan fingerprint density at radius 2 is 2.17 bits per heavy atom. The lowest BCUT2D eigenvalue weighted by Gasteiger charge is -2.34. The summed E-state index contributed by atoms with van der Waals surface area (Å²) in [6, 6.07) is 1.16. The van der Waals surface area contributed by atoms with Gasteiger partial charge in [-0.25, -0.2) is 17.1 Å². The van der Waals surface area contributed by atoms with Crippen molar-refractivity contribution in [1.82, 2.24) is 9.29 Å². The van der Waals surface area contributed by atoms with E-state index in [0.717, 1.165) is 31.3 Å². The molecule has 0 saturated heterocycles. The van der Waals surface area contributed by atoms with Crippen LogP contribution in [0.15, 0.2) is 23.4 Å². The highest BCUT2D eigenvalue weighted by atomic mass is 32.2. The fraction of sp³-hybridized carbons (Fsp3) is 0.545. The first-order valence-corrected chi connectivity index (χ1v) is 7.16. The molecule has 0 atom stereocenters. The van der Waals surface area contributed by atoms with Gasteiger partial charge in [0.1, 0.15) is 10.7 Å². The van der Waals surface area contributed by atoms with Crippen LogP contribution in [-0.2, 0) is 10.0 Å². The molecular formula is C11H16FN3O2S. The predicted octanol–water partition coefficient (Wildman–Crippen LogP) is 0.578. The van der Waals surface area contributed by atoms with E-state index < -0.39 is 15.8 Å². The van der Waals surface area contributed by atoms with Crippen molar-refractivity contribution in [2.75, 3.05) is 13.6 Å². The zero-order chi connectivity index (χ0) is 13.3. The summed E-state index contributed by atoms with van der Waals surface area (Å²) in [5.74, 6) is -0.364. The first kappa shape index (κ1) is 13.4. The Labute approximate surface area is 106 Å². The minimum absolute atomic E-state index is 0.117. The van der Waals surface area contributed by atoms with Crippen LogP contribution >= 0.6 is 0 Å². The van der Waals surface area contributed by atoms with Gasteiger partial charge in [0.2, 0.25) is 10.0 Å². The average Bonchev–Trinajstić information content (AvgIpc) is 2.26. The molecule has 1 aliphatic carbocycles. The molecule has 1 aliphatic rings. The van der Waals surface area contributed by atoms with Crippen LogP contribution in [0, 0.1) is 11.7 Å². The number of hydrogen-bond acceptors (Lipinski definition) is 4. The third-order valence-electron chi connectivity index (χ3n) is 3.18. The van der Waals surface area contributed by atoms with Crippen LogP contribution in [0.4, 0.5) is 4.39 Å². The smallest absolute Gasteiger partial charge is 0.244 e. The van der Waals surface area contributed by atoms with Crippen LogP contribution in [0.5, 0.6) is 0 Å². The van der Waals surface area contributed by atoms with Crippen LogP contribution < -0.4 is 5.73 Å². The molecule has 0 radical (unpaired) electrons. The maximum Gasteiger partial charge on any atom is 0.244 e. The fourth-order valence-electron chi connectivity index (χ4n) is 2.11. The van der Waals surface area contributed by atoms with Crippen LogP contribution in [0.1, 0.15) is 12.8 Å². The molecule has 7 heteroatoms. The summed E-state index contributed by atoms with van der Waals surface area (Å²) in [5, 5.41) is 0. The van der Waals surface area contributed by atoms with Gasteiger partial charge in [-0.3, -0.25) is 4.98 Å². The maximum absolute atomic E-state index is 13.0. The van der Waals surface area contributed by atoms with Crippen molar-refractivity contribution >= 4 is 10.0 Å². The normalized spacial score (nSPS) is 24.0. The fourth-order valence-corrected chi connectivity index (χ4v) is 3.33. The van der Waals surface area contributed by atoms with Gasteiger partial charge in [0, 0.05) is 25.8 Å². The number of hydrogen-bond donors (Lipinski definition) is 1. The highest BCUT2D eigenvalue weighted by Gasteiger charge is 2.31. The zero-order valence-electron chi connectivity index (χ0n) is 10.1. The van der Waals surface area contributed by atoms with E-state index in [1.807, 2.05) is 0 Å². The quantitative estimate of drug-likeness (QED) is 0.870. The molecule has 2 N–H and O–H groups in total. The molecule has 2 rings (SSSR count). The molecule has 1 aromatic rings. The largest absolute Gasteiger partial charge is 0.328 e. The molecule has 0 aromatic carbocycles. The Morgan fingerprint density at radius 3 is 2.72 bits per heavy atom. The van der Waals surface area contributed by atoms with Gasteiger partial charge in [0.15, 0.2) is 0 Å². The maximum atomic E-state index is 13.0. The summed E-state index contributed by atoms with van der Waals surface area (Å²) < 4.78 is 38.5. The second-order valence-electron chi connectivity index (χ2n) is 4.72. The van der Waals surface area contributed by atoms with E-state index in [2.05, 4.69) is 4.98 Å². The van der Waals surface area contributed by atoms with E-state index in [4.69, 9.17) is 5.73 Å². The number of rotatable bonds is 4. The van der Waals surface area contributed by atoms with Crippen LogP contribution in [0.2, 0.25) is 0 Å². The lowest BCUT2D eigenvalue weighted by molar-refractivity contribution is 0.227. The number of pyridine rings is 1. The summed E-state index contributed by atoms with van der Waals surface area (Å²) in [7, 11) is -2.17. The molecule has 100 valence electrons. The first-order chi connectivity index (χ1) is 8.39. The summed E-state index contributed by atoms with van der Waals surface area (Å²) in [6.07, 6.45) is 3.80. The van der Waals surface area contributed by atoms with Crippen molar-refractivity contribution in [3.63, 3.8) is 0 Å². The van der Waals surface area contributed by atoms with Gasteiger partial charge in [-0.1, -0.05) is 0 Å². The second-order valence-corrected chi connectivity index (χ2v) is 6.77. The average molecular weight is 273 g/mol. The van der Waals surface area contributed by atoms with Gasteiger partial charge < -0.3 is 5.73 Å². The molecule has 0 amide bonds. The van der Waals surface area contributed by atoms with E-state index in [1.54, 1.807) is 0 Å². The lowest BCUT2D eigenvalue weighted by Crippen LogP contribution is -2.43. The van der Waals surface area contributed by atoms with Crippen molar-refractivity contribution in [2.24, 2.45) is 11.7 Å². The molecule has 1 aromatic heterocycles. The molecule has 0 aliphatic heterocycles. The van der Waals surface area contributed by atoms with Gasteiger partial charge in [-0.15, -0.1) is 0 Å². The van der Waals surface area contributed by atoms with Crippen molar-refractivity contribution < 1.29 is 12.8 Å². The van der Waals surface area contributed by atoms with Gasteiger partial charge >= 0.3 is 0 Å². The summed E-state index contributed by atoms with van der Waals surface area (Å²) in [5.41, 5.74) is 5.66. The molecule has 0 spiro atoms. The predicted molar refractivity (Wildman–Crippen MR) is 64.7 cm³/mol. The van der Waals surface area contributed by atoms with Crippen molar-refractivity contribution in [2.45, 2.75) is 23.8 Å². The molecule has 0 bridgehead atoms. The summed E-state index contributed by atoms with van der Waals surface area (Å²) in [4.78, 5) is 3.44. The Balaban J connectivity index is 2.10. The van der Waals surface area contributed by atoms with Gasteiger partial charge in [-0.2, -0.15) is 0 Å². The molecule has 1 heterocycles. The van der Waals surface area contributed by atoms with Crippen molar-refractivity contribution in [3.8, 4) is 0 Å². The Bertz CT molecular complexity index is 529. The molecule has 0 unspecified atom stereocenters. The highest BCUT2D eigenvalue weighted by molar-refractivity contribution is 7.89. The minimum atomic E-state index is -3.66. The van der Waals surface area contributed by atoms with Crippen molar-refractivity contribution in [1.29, 1.82) is 0 Å². The Kier molecular flexibility index (Phi) is 3.65. The Morgan fingerprint density at radius 1 is 1.50 bits per heavy atom. The van der Waals surface area contributed by atoms with Gasteiger partial charge in [0.25, 0.3) is 0 Å². The number of aromatic nitrogens is 1. The van der Waals surface area contributed by atoms with Gasteiger partial charge in [-0.05, 0) is 24.8 Å². The standard InChI is InChI=1S/C11H16FN3O2S/c1-15(7-8-2-10(13)3-8)18(16,17)11-4-9(12)5-14-6-11/h4-6,8,10H,2-3,7,13H2,1H3. The number of nitrogens with two attached hydrogens (primary N) is 1. The van der Waals surface area contributed by atoms with E-state index in [9.17, 15) is 12.8 Å². The van der Waals surface area contributed by atoms with Gasteiger partial charge in [0.05, 0.1) is 6.20 Å². The van der Waals surface area contributed by atoms with E-state index in [-0.39, 0.29) is 10.9 Å². The topological polar surface area (TPSA) is 76.3 Å². The molecule has 1 saturated carbocycles. The zero-order valence-corrected chi connectivity index (χ0v) is 10.9. The van der Waals surface area contributed by atoms with Crippen LogP contribution in [0.3, 0.4) is 0 Å². The second kappa shape index (κ2) is 4.91. The summed E-state index contributed by atoms with van der Waals surface area (Å²) in [6.45, 7) is 0.409. The monoisotopic (exact) mass is 273 g/mol. The van der Waals surface area contributed by atoms with Crippen molar-refractivity contribution in [3.05, 3.63) is 24.3 Å². The SMILES string of the molecule is CN(CC1CC(N)C1)S(=O)(=O)c1cncc(F)c1. The minimum Gasteiger partial charge on any atom is -0.328 e. The molecular weight excluding hydrogens is 257 g/mol. The third-order valence-corrected chi connectivity index (χ3v) is 4.96. The summed E-state index contributed by atoms with van der Waals surface area (Å²) >= 11 is 0. The lowest BCUT2D eigenvalue weighted by atomic mass is 9.81. The molecule has 1 fully saturated rings. The number of sulfonamides is 1. The van der Waals surface area contributed by atoms with E-state index >= 15 is 0 Å². The highest BCUT2D eigenvalue weighted by Crippen LogP contribution is 2.27.